The topological polar surface area (TPSA) is 110 Å². The number of hydrogen-bond donors (Lipinski definition) is 1. The number of nitrogens with zero attached hydrogens (tertiary/aromatic N) is 2. The molecule has 0 radical (unpaired) electrons. The van der Waals surface area contributed by atoms with E-state index in [4.69, 9.17) is 14.9 Å². The summed E-state index contributed by atoms with van der Waals surface area (Å²) in [6.07, 6.45) is 5.81. The second-order valence-corrected chi connectivity index (χ2v) is 10.8. The Morgan fingerprint density at radius 2 is 1.82 bits per heavy atom. The summed E-state index contributed by atoms with van der Waals surface area (Å²) >= 11 is 0. The maximum Gasteiger partial charge on any atom is 0.344 e. The predicted molar refractivity (Wildman–Crippen MR) is 125 cm³/mol. The first-order chi connectivity index (χ1) is 16.2. The fourth-order valence-electron chi connectivity index (χ4n) is 7.18. The molecule has 0 bridgehead atoms. The molecule has 1 saturated carbocycles. The summed E-state index contributed by atoms with van der Waals surface area (Å²) in [5.74, 6) is 0.0703. The Labute approximate surface area is 197 Å². The minimum Gasteiger partial charge on any atom is -0.440 e. The van der Waals surface area contributed by atoms with Crippen molar-refractivity contribution >= 4 is 11.6 Å². The lowest BCUT2D eigenvalue weighted by atomic mass is 9.64. The molecule has 4 aliphatic rings. The third-order valence-electron chi connectivity index (χ3n) is 8.31. The Bertz CT molecular complexity index is 1400. The highest BCUT2D eigenvalue weighted by atomic mass is 16.5. The highest BCUT2D eigenvalue weighted by Gasteiger charge is 2.66. The molecule has 2 aromatic rings. The molecule has 6 rings (SSSR count). The van der Waals surface area contributed by atoms with Crippen molar-refractivity contribution in [3.05, 3.63) is 68.6 Å². The molecule has 174 valence electrons. The number of hydrogen-bond acceptors (Lipinski definition) is 6. The molecule has 2 spiro atoms. The number of para-hydroxylation sites is 1. The molecule has 1 aromatic heterocycles. The number of carbonyl (C=O) groups is 1. The van der Waals surface area contributed by atoms with E-state index in [1.807, 2.05) is 17.0 Å². The first-order valence-corrected chi connectivity index (χ1v) is 11.9. The second-order valence-electron chi connectivity index (χ2n) is 10.8. The van der Waals surface area contributed by atoms with Crippen LogP contribution < -0.4 is 21.0 Å². The fourth-order valence-corrected chi connectivity index (χ4v) is 7.18. The molecule has 4 heterocycles. The predicted octanol–water partition coefficient (Wildman–Crippen LogP) is 4.05. The zero-order chi connectivity index (χ0) is 24.0. The van der Waals surface area contributed by atoms with Crippen molar-refractivity contribution in [1.29, 1.82) is 5.26 Å². The first kappa shape index (κ1) is 21.0. The van der Waals surface area contributed by atoms with Crippen LogP contribution in [0.25, 0.3) is 0 Å². The average Bonchev–Trinajstić information content (AvgIpc) is 3.02. The maximum atomic E-state index is 14.8. The second kappa shape index (κ2) is 6.53. The molecule has 3 aliphatic heterocycles. The minimum absolute atomic E-state index is 0.0421. The summed E-state index contributed by atoms with van der Waals surface area (Å²) < 4.78 is 11.2. The van der Waals surface area contributed by atoms with E-state index in [2.05, 4.69) is 26.0 Å². The molecule has 2 N–H and O–H groups in total. The lowest BCUT2D eigenvalue weighted by molar-refractivity contribution is -0.122. The van der Waals surface area contributed by atoms with Crippen molar-refractivity contribution < 1.29 is 13.9 Å². The molecule has 1 atom stereocenters. The van der Waals surface area contributed by atoms with Crippen molar-refractivity contribution in [3.63, 3.8) is 0 Å². The van der Waals surface area contributed by atoms with E-state index >= 15 is 0 Å². The van der Waals surface area contributed by atoms with E-state index in [9.17, 15) is 14.9 Å². The van der Waals surface area contributed by atoms with Gasteiger partial charge in [-0.25, -0.2) is 4.79 Å². The van der Waals surface area contributed by atoms with Gasteiger partial charge in [0.25, 0.3) is 0 Å². The van der Waals surface area contributed by atoms with Gasteiger partial charge in [0.05, 0.1) is 5.69 Å². The maximum absolute atomic E-state index is 14.8. The summed E-state index contributed by atoms with van der Waals surface area (Å²) in [6.45, 7) is 6.08. The van der Waals surface area contributed by atoms with Crippen LogP contribution in [0.2, 0.25) is 0 Å². The molecule has 7 heteroatoms. The standard InChI is InChI=1S/C27H27N3O4/c1-15-12-19-20(23(31)33-15)27(18(13-28)22(29)34-19)17-9-7-8-16-21(17)30(24(27)32)26(14-25(16,2)3)10-5-4-6-11-26/h7-9,12H,4-6,10-11,14,29H2,1-3H3. The summed E-state index contributed by atoms with van der Waals surface area (Å²) in [6, 6.07) is 9.53. The number of nitriles is 1. The Morgan fingerprint density at radius 1 is 1.12 bits per heavy atom. The summed E-state index contributed by atoms with van der Waals surface area (Å²) in [7, 11) is 0. The number of fused-ring (bicyclic) bond motifs is 4. The molecular weight excluding hydrogens is 430 g/mol. The molecule has 1 unspecified atom stereocenters. The van der Waals surface area contributed by atoms with E-state index in [0.717, 1.165) is 49.8 Å². The molecule has 0 saturated heterocycles. The van der Waals surface area contributed by atoms with E-state index < -0.39 is 11.0 Å². The van der Waals surface area contributed by atoms with Crippen molar-refractivity contribution in [3.8, 4) is 11.8 Å². The van der Waals surface area contributed by atoms with Gasteiger partial charge in [-0.1, -0.05) is 51.3 Å². The highest BCUT2D eigenvalue weighted by Crippen LogP contribution is 2.63. The lowest BCUT2D eigenvalue weighted by Crippen LogP contribution is -2.60. The fraction of sp³-hybridized carbons (Fsp3) is 0.444. The number of benzene rings is 1. The molecule has 1 fully saturated rings. The normalized spacial score (nSPS) is 25.7. The number of nitrogens with two attached hydrogens (primary N) is 1. The number of anilines is 1. The SMILES string of the molecule is Cc1cc2c(c(=O)o1)C1(C(=O)N3c4c(cccc41)C(C)(C)CC31CCCCC1)C(C#N)=C(N)O2. The van der Waals surface area contributed by atoms with Crippen LogP contribution in [0.15, 0.2) is 44.9 Å². The number of ether oxygens (including phenoxy) is 1. The van der Waals surface area contributed by atoms with Crippen LogP contribution in [0.1, 0.15) is 74.8 Å². The van der Waals surface area contributed by atoms with Crippen molar-refractivity contribution in [2.75, 3.05) is 4.90 Å². The van der Waals surface area contributed by atoms with Crippen LogP contribution in [0.4, 0.5) is 5.69 Å². The zero-order valence-corrected chi connectivity index (χ0v) is 19.7. The van der Waals surface area contributed by atoms with Gasteiger partial charge in [-0.15, -0.1) is 0 Å². The number of carbonyl (C=O) groups excluding carboxylic acids is 1. The Morgan fingerprint density at radius 3 is 2.53 bits per heavy atom. The van der Waals surface area contributed by atoms with Gasteiger partial charge in [0.2, 0.25) is 11.8 Å². The van der Waals surface area contributed by atoms with Crippen molar-refractivity contribution in [2.45, 2.75) is 75.7 Å². The van der Waals surface area contributed by atoms with Gasteiger partial charge in [-0.05, 0) is 37.2 Å². The molecule has 1 aromatic carbocycles. The van der Waals surface area contributed by atoms with E-state index in [1.165, 1.54) is 0 Å². The molecular formula is C27H27N3O4. The third kappa shape index (κ3) is 2.31. The largest absolute Gasteiger partial charge is 0.440 e. The number of amides is 1. The van der Waals surface area contributed by atoms with Crippen LogP contribution >= 0.6 is 0 Å². The number of aryl methyl sites for hydroxylation is 1. The van der Waals surface area contributed by atoms with Crippen LogP contribution in [-0.2, 0) is 15.6 Å². The van der Waals surface area contributed by atoms with Crippen molar-refractivity contribution in [2.24, 2.45) is 5.73 Å². The molecule has 1 aliphatic carbocycles. The molecule has 1 amide bonds. The lowest BCUT2D eigenvalue weighted by Gasteiger charge is -2.53. The van der Waals surface area contributed by atoms with E-state index in [1.54, 1.807) is 13.0 Å². The molecule has 34 heavy (non-hydrogen) atoms. The highest BCUT2D eigenvalue weighted by molar-refractivity contribution is 6.16. The van der Waals surface area contributed by atoms with Gasteiger partial charge in [0.1, 0.15) is 28.7 Å². The van der Waals surface area contributed by atoms with Crippen LogP contribution in [-0.4, -0.2) is 11.4 Å². The van der Waals surface area contributed by atoms with E-state index in [-0.39, 0.29) is 39.6 Å². The smallest absolute Gasteiger partial charge is 0.344 e. The third-order valence-corrected chi connectivity index (χ3v) is 8.31. The first-order valence-electron chi connectivity index (χ1n) is 11.9. The van der Waals surface area contributed by atoms with Crippen LogP contribution in [0, 0.1) is 18.3 Å². The van der Waals surface area contributed by atoms with Gasteiger partial charge in [0, 0.05) is 17.2 Å². The summed E-state index contributed by atoms with van der Waals surface area (Å²) in [5, 5.41) is 10.3. The minimum atomic E-state index is -1.68. The monoisotopic (exact) mass is 457 g/mol. The zero-order valence-electron chi connectivity index (χ0n) is 19.7. The Kier molecular flexibility index (Phi) is 4.04. The number of rotatable bonds is 0. The van der Waals surface area contributed by atoms with E-state index in [0.29, 0.717) is 11.3 Å². The van der Waals surface area contributed by atoms with Gasteiger partial charge in [0.15, 0.2) is 5.41 Å². The van der Waals surface area contributed by atoms with Crippen molar-refractivity contribution in [1.82, 2.24) is 0 Å². The Hall–Kier alpha value is -3.53. The van der Waals surface area contributed by atoms with Gasteiger partial charge >= 0.3 is 5.63 Å². The van der Waals surface area contributed by atoms with Gasteiger partial charge in [-0.2, -0.15) is 5.26 Å². The van der Waals surface area contributed by atoms with Gasteiger partial charge < -0.3 is 19.8 Å². The Balaban J connectivity index is 1.78. The summed E-state index contributed by atoms with van der Waals surface area (Å²) in [4.78, 5) is 30.1. The quantitative estimate of drug-likeness (QED) is 0.639. The molecule has 7 nitrogen and oxygen atoms in total. The average molecular weight is 458 g/mol. The van der Waals surface area contributed by atoms with Crippen LogP contribution in [0.5, 0.6) is 5.75 Å². The van der Waals surface area contributed by atoms with Gasteiger partial charge in [-0.3, -0.25) is 4.79 Å². The van der Waals surface area contributed by atoms with Crippen LogP contribution in [0.3, 0.4) is 0 Å². The summed E-state index contributed by atoms with van der Waals surface area (Å²) in [5.41, 5.74) is 5.83.